The van der Waals surface area contributed by atoms with Gasteiger partial charge in [0.2, 0.25) is 0 Å². The maximum Gasteiger partial charge on any atom is 0.251 e. The van der Waals surface area contributed by atoms with E-state index in [1.807, 2.05) is 44.4 Å². The van der Waals surface area contributed by atoms with Crippen molar-refractivity contribution in [2.75, 3.05) is 12.8 Å². The molecule has 5 heteroatoms. The van der Waals surface area contributed by atoms with Crippen LogP contribution in [0, 0.1) is 0 Å². The fourth-order valence-electron chi connectivity index (χ4n) is 1.60. The summed E-state index contributed by atoms with van der Waals surface area (Å²) in [4.78, 5) is 13.1. The number of hydrogen-bond acceptors (Lipinski definition) is 3. The van der Waals surface area contributed by atoms with Crippen LogP contribution in [-0.4, -0.2) is 24.2 Å². The number of carbonyl (C=O) groups is 1. The number of nitrogens with one attached hydrogen (secondary N) is 1. The number of nitrogens with two attached hydrogens (primary N) is 1. The molecule has 0 bridgehead atoms. The van der Waals surface area contributed by atoms with Gasteiger partial charge in [-0.3, -0.25) is 4.79 Å². The maximum atomic E-state index is 11.9. The van der Waals surface area contributed by atoms with Crippen LogP contribution in [0.5, 0.6) is 0 Å². The Morgan fingerprint density at radius 2 is 1.79 bits per heavy atom. The average molecular weight is 303 g/mol. The molecule has 3 nitrogen and oxygen atoms in total. The van der Waals surface area contributed by atoms with Gasteiger partial charge in [-0.2, -0.15) is 0 Å². The third kappa shape index (κ3) is 5.43. The lowest BCUT2D eigenvalue weighted by atomic mass is 9.94. The normalized spacial score (nSPS) is 10.7. The fraction of sp³-hybridized carbons (Fsp3) is 0.500. The first-order valence-electron chi connectivity index (χ1n) is 6.25. The number of hydrogen-bond donors (Lipinski definition) is 2. The molecule has 0 aromatic heterocycles. The third-order valence-electron chi connectivity index (χ3n) is 3.36. The van der Waals surface area contributed by atoms with Gasteiger partial charge in [0.15, 0.2) is 0 Å². The number of carbonyl (C=O) groups excluding carboxylic acids is 1. The molecule has 0 radical (unpaired) electrons. The average Bonchev–Trinajstić information content (AvgIpc) is 2.44. The van der Waals surface area contributed by atoms with Crippen LogP contribution in [0.15, 0.2) is 29.2 Å². The minimum absolute atomic E-state index is 0. The standard InChI is InChI=1S/C14H22N2OS.ClH/c1-4-14(15,5-2)10-16-13(17)11-6-8-12(18-3)9-7-11;/h6-9H,4-5,10,15H2,1-3H3,(H,16,17);1H. The van der Waals surface area contributed by atoms with E-state index in [0.717, 1.165) is 17.7 Å². The van der Waals surface area contributed by atoms with Crippen molar-refractivity contribution in [3.63, 3.8) is 0 Å². The highest BCUT2D eigenvalue weighted by atomic mass is 35.5. The minimum atomic E-state index is -0.297. The Bertz CT molecular complexity index is 391. The van der Waals surface area contributed by atoms with E-state index in [-0.39, 0.29) is 23.9 Å². The highest BCUT2D eigenvalue weighted by Gasteiger charge is 2.21. The summed E-state index contributed by atoms with van der Waals surface area (Å²) in [7, 11) is 0. The second-order valence-corrected chi connectivity index (χ2v) is 5.36. The largest absolute Gasteiger partial charge is 0.350 e. The molecule has 0 aliphatic heterocycles. The third-order valence-corrected chi connectivity index (χ3v) is 4.11. The molecule has 0 saturated carbocycles. The molecule has 0 atom stereocenters. The summed E-state index contributed by atoms with van der Waals surface area (Å²) in [6.45, 7) is 4.61. The van der Waals surface area contributed by atoms with Crippen LogP contribution in [0.2, 0.25) is 0 Å². The topological polar surface area (TPSA) is 55.1 Å². The van der Waals surface area contributed by atoms with Crippen molar-refractivity contribution in [3.05, 3.63) is 29.8 Å². The van der Waals surface area contributed by atoms with Crippen LogP contribution in [0.1, 0.15) is 37.0 Å². The van der Waals surface area contributed by atoms with Gasteiger partial charge in [0.05, 0.1) is 0 Å². The zero-order chi connectivity index (χ0) is 13.6. The molecule has 0 saturated heterocycles. The van der Waals surface area contributed by atoms with E-state index in [1.54, 1.807) is 11.8 Å². The van der Waals surface area contributed by atoms with Gasteiger partial charge in [-0.15, -0.1) is 24.2 Å². The van der Waals surface area contributed by atoms with Crippen LogP contribution in [0.25, 0.3) is 0 Å². The predicted molar refractivity (Wildman–Crippen MR) is 85.3 cm³/mol. The van der Waals surface area contributed by atoms with Crippen LogP contribution < -0.4 is 11.1 Å². The maximum absolute atomic E-state index is 11.9. The van der Waals surface area contributed by atoms with E-state index in [1.165, 1.54) is 0 Å². The first-order chi connectivity index (χ1) is 8.54. The monoisotopic (exact) mass is 302 g/mol. The van der Waals surface area contributed by atoms with E-state index in [4.69, 9.17) is 5.73 Å². The first kappa shape index (κ1) is 18.3. The lowest BCUT2D eigenvalue weighted by molar-refractivity contribution is 0.0942. The van der Waals surface area contributed by atoms with E-state index in [9.17, 15) is 4.79 Å². The van der Waals surface area contributed by atoms with E-state index < -0.39 is 0 Å². The predicted octanol–water partition coefficient (Wildman–Crippen LogP) is 3.08. The van der Waals surface area contributed by atoms with Crippen molar-refractivity contribution in [1.29, 1.82) is 0 Å². The zero-order valence-electron chi connectivity index (χ0n) is 11.7. The number of rotatable bonds is 6. The number of amides is 1. The Morgan fingerprint density at radius 1 is 1.26 bits per heavy atom. The second kappa shape index (κ2) is 8.46. The van der Waals surface area contributed by atoms with Gasteiger partial charge in [0.25, 0.3) is 5.91 Å². The first-order valence-corrected chi connectivity index (χ1v) is 7.48. The Kier molecular flexibility index (Phi) is 8.14. The Labute approximate surface area is 126 Å². The quantitative estimate of drug-likeness (QED) is 0.794. The number of halogens is 1. The summed E-state index contributed by atoms with van der Waals surface area (Å²) < 4.78 is 0. The second-order valence-electron chi connectivity index (χ2n) is 4.48. The van der Waals surface area contributed by atoms with Crippen LogP contribution in [0.4, 0.5) is 0 Å². The Hall–Kier alpha value is -0.710. The molecule has 0 unspecified atom stereocenters. The SMILES string of the molecule is CCC(N)(CC)CNC(=O)c1ccc(SC)cc1.Cl. The van der Waals surface area contributed by atoms with Crippen molar-refractivity contribution in [2.45, 2.75) is 37.1 Å². The lowest BCUT2D eigenvalue weighted by Crippen LogP contribution is -2.49. The molecule has 0 aliphatic carbocycles. The summed E-state index contributed by atoms with van der Waals surface area (Å²) in [6, 6.07) is 7.60. The summed E-state index contributed by atoms with van der Waals surface area (Å²) in [6.07, 6.45) is 3.73. The number of benzene rings is 1. The number of thioether (sulfide) groups is 1. The fourth-order valence-corrected chi connectivity index (χ4v) is 2.01. The molecule has 0 fully saturated rings. The van der Waals surface area contributed by atoms with Crippen molar-refractivity contribution in [1.82, 2.24) is 5.32 Å². The van der Waals surface area contributed by atoms with Gasteiger partial charge < -0.3 is 11.1 Å². The molecule has 1 aromatic carbocycles. The van der Waals surface area contributed by atoms with E-state index in [2.05, 4.69) is 5.32 Å². The highest BCUT2D eigenvalue weighted by molar-refractivity contribution is 7.98. The van der Waals surface area contributed by atoms with Crippen LogP contribution in [0.3, 0.4) is 0 Å². The minimum Gasteiger partial charge on any atom is -0.350 e. The van der Waals surface area contributed by atoms with Crippen molar-refractivity contribution in [3.8, 4) is 0 Å². The molecule has 108 valence electrons. The molecule has 1 amide bonds. The van der Waals surface area contributed by atoms with E-state index in [0.29, 0.717) is 12.1 Å². The van der Waals surface area contributed by atoms with E-state index >= 15 is 0 Å². The van der Waals surface area contributed by atoms with Crippen molar-refractivity contribution < 1.29 is 4.79 Å². The molecule has 3 N–H and O–H groups in total. The summed E-state index contributed by atoms with van der Waals surface area (Å²) in [5, 5.41) is 2.91. The molecule has 19 heavy (non-hydrogen) atoms. The van der Waals surface area contributed by atoms with Gasteiger partial charge in [0.1, 0.15) is 0 Å². The summed E-state index contributed by atoms with van der Waals surface area (Å²) >= 11 is 1.66. The molecule has 0 aliphatic rings. The van der Waals surface area contributed by atoms with Gasteiger partial charge >= 0.3 is 0 Å². The molecule has 0 heterocycles. The van der Waals surface area contributed by atoms with Crippen LogP contribution in [-0.2, 0) is 0 Å². The highest BCUT2D eigenvalue weighted by Crippen LogP contribution is 2.15. The Balaban J connectivity index is 0.00000324. The molecular formula is C14H23ClN2OS. The molecule has 0 spiro atoms. The lowest BCUT2D eigenvalue weighted by Gasteiger charge is -2.26. The smallest absolute Gasteiger partial charge is 0.251 e. The summed E-state index contributed by atoms with van der Waals surface area (Å²) in [5.41, 5.74) is 6.54. The molecular weight excluding hydrogens is 280 g/mol. The van der Waals surface area contributed by atoms with Crippen LogP contribution >= 0.6 is 24.2 Å². The van der Waals surface area contributed by atoms with Crippen molar-refractivity contribution >= 4 is 30.1 Å². The summed E-state index contributed by atoms with van der Waals surface area (Å²) in [5.74, 6) is -0.0561. The molecule has 1 aromatic rings. The molecule has 1 rings (SSSR count). The van der Waals surface area contributed by atoms with Crippen molar-refractivity contribution in [2.24, 2.45) is 5.73 Å². The zero-order valence-corrected chi connectivity index (χ0v) is 13.4. The Morgan fingerprint density at radius 3 is 2.21 bits per heavy atom. The van der Waals surface area contributed by atoms with Gasteiger partial charge in [-0.1, -0.05) is 13.8 Å². The van der Waals surface area contributed by atoms with Gasteiger partial charge in [0, 0.05) is 22.5 Å². The van der Waals surface area contributed by atoms with Gasteiger partial charge in [-0.25, -0.2) is 0 Å². The van der Waals surface area contributed by atoms with Gasteiger partial charge in [-0.05, 0) is 43.4 Å².